The highest BCUT2D eigenvalue weighted by Gasteiger charge is 2.27. The fraction of sp³-hybridized carbons (Fsp3) is 0.367. The summed E-state index contributed by atoms with van der Waals surface area (Å²) >= 11 is 0. The third kappa shape index (κ3) is 10.9. The zero-order valence-electron chi connectivity index (χ0n) is 26.8. The van der Waals surface area contributed by atoms with E-state index >= 15 is 0 Å². The molecule has 258 valence electrons. The molecule has 0 radical (unpaired) electrons. The van der Waals surface area contributed by atoms with Gasteiger partial charge in [-0.15, -0.1) is 10.2 Å². The molecule has 2 aromatic heterocycles. The summed E-state index contributed by atoms with van der Waals surface area (Å²) in [6.45, 7) is 4.45. The Balaban J connectivity index is 1.31. The molecule has 0 aliphatic rings. The zero-order valence-corrected chi connectivity index (χ0v) is 26.8. The molecule has 0 saturated carbocycles. The number of rotatable bonds is 15. The molecule has 0 fully saturated rings. The van der Waals surface area contributed by atoms with Crippen LogP contribution < -0.4 is 5.32 Å². The van der Waals surface area contributed by atoms with Gasteiger partial charge in [-0.3, -0.25) is 25.0 Å². The minimum atomic E-state index is -1.30. The maximum atomic E-state index is 13.0. The van der Waals surface area contributed by atoms with Gasteiger partial charge in [0.2, 0.25) is 0 Å². The summed E-state index contributed by atoms with van der Waals surface area (Å²) in [4.78, 5) is 59.6. The minimum absolute atomic E-state index is 0.0505. The van der Waals surface area contributed by atoms with E-state index in [1.165, 1.54) is 33.9 Å². The van der Waals surface area contributed by atoms with E-state index in [2.05, 4.69) is 25.9 Å². The van der Waals surface area contributed by atoms with Gasteiger partial charge in [-0.25, -0.2) is 19.0 Å². The lowest BCUT2D eigenvalue weighted by atomic mass is 10.1. The summed E-state index contributed by atoms with van der Waals surface area (Å²) in [5.74, 6) is -1.60. The molecule has 49 heavy (non-hydrogen) atoms. The molecule has 1 N–H and O–H groups in total. The number of nitro groups is 2. The van der Waals surface area contributed by atoms with E-state index in [9.17, 15) is 34.6 Å². The average molecular weight is 680 g/mol. The molecule has 4 rings (SSSR count). The number of hydrogen-bond donors (Lipinski definition) is 1. The number of carbonyl (C=O) groups excluding carboxylic acids is 3. The van der Waals surface area contributed by atoms with Crippen molar-refractivity contribution in [2.24, 2.45) is 0 Å². The van der Waals surface area contributed by atoms with Crippen LogP contribution in [-0.2, 0) is 50.1 Å². The smallest absolute Gasteiger partial charge is 0.408 e. The first-order valence-electron chi connectivity index (χ1n) is 14.8. The monoisotopic (exact) mass is 679 g/mol. The van der Waals surface area contributed by atoms with Crippen LogP contribution in [0.25, 0.3) is 0 Å². The molecule has 2 aromatic carbocycles. The lowest BCUT2D eigenvalue weighted by Gasteiger charge is -2.22. The van der Waals surface area contributed by atoms with Crippen molar-refractivity contribution in [2.75, 3.05) is 0 Å². The van der Waals surface area contributed by atoms with Crippen LogP contribution in [0.4, 0.5) is 16.2 Å². The van der Waals surface area contributed by atoms with Gasteiger partial charge in [0.05, 0.1) is 46.5 Å². The Labute approximate surface area is 278 Å². The number of amides is 1. The first-order chi connectivity index (χ1) is 23.3. The largest absolute Gasteiger partial charge is 0.459 e. The summed E-state index contributed by atoms with van der Waals surface area (Å²) in [6, 6.07) is 11.1. The van der Waals surface area contributed by atoms with Crippen LogP contribution in [0, 0.1) is 20.2 Å². The standard InChI is InChI=1S/C30H33N9O10/c1-30(2,3)49-29(42)31-24(28(41)48-19-23-17-37(35-33-23)15-21-9-5-7-11-26(21)39(45)46)12-13-27(40)47-18-22-16-36(34-32-22)14-20-8-4-6-10-25(20)38(43)44/h4-11,16-17,24H,12-15,18-19H2,1-3H3,(H,31,42)/t24-/m0/s1. The number of nitrogens with one attached hydrogen (secondary N) is 1. The maximum absolute atomic E-state index is 13.0. The van der Waals surface area contributed by atoms with Crippen LogP contribution in [-0.4, -0.2) is 69.5 Å². The van der Waals surface area contributed by atoms with Crippen molar-refractivity contribution in [3.63, 3.8) is 0 Å². The number of ether oxygens (including phenoxy) is 3. The molecule has 0 saturated heterocycles. The fourth-order valence-electron chi connectivity index (χ4n) is 4.39. The maximum Gasteiger partial charge on any atom is 0.408 e. The van der Waals surface area contributed by atoms with Crippen LogP contribution in [0.15, 0.2) is 60.9 Å². The van der Waals surface area contributed by atoms with Gasteiger partial charge in [0.1, 0.15) is 36.2 Å². The first kappa shape index (κ1) is 35.6. The number of nitro benzene ring substituents is 2. The average Bonchev–Trinajstić information content (AvgIpc) is 3.69. The van der Waals surface area contributed by atoms with Crippen LogP contribution in [0.3, 0.4) is 0 Å². The van der Waals surface area contributed by atoms with E-state index in [0.717, 1.165) is 0 Å². The molecule has 4 aromatic rings. The second-order valence-electron chi connectivity index (χ2n) is 11.6. The summed E-state index contributed by atoms with van der Waals surface area (Å²) in [5.41, 5.74) is 0.316. The molecule has 19 nitrogen and oxygen atoms in total. The number of aromatic nitrogens is 6. The number of nitrogens with zero attached hydrogens (tertiary/aromatic N) is 8. The molecular formula is C30H33N9O10. The van der Waals surface area contributed by atoms with Gasteiger partial charge in [-0.1, -0.05) is 46.8 Å². The number of esters is 2. The Bertz CT molecular complexity index is 1810. The Kier molecular flexibility index (Phi) is 11.6. The predicted molar refractivity (Wildman–Crippen MR) is 166 cm³/mol. The number of alkyl carbamates (subject to hydrolysis) is 1. The van der Waals surface area contributed by atoms with Gasteiger partial charge >= 0.3 is 18.0 Å². The van der Waals surface area contributed by atoms with E-state index in [0.29, 0.717) is 11.1 Å². The van der Waals surface area contributed by atoms with Crippen molar-refractivity contribution < 1.29 is 38.4 Å². The molecule has 0 spiro atoms. The van der Waals surface area contributed by atoms with Crippen molar-refractivity contribution in [1.82, 2.24) is 35.3 Å². The van der Waals surface area contributed by atoms with Gasteiger partial charge in [0, 0.05) is 18.6 Å². The molecule has 0 aliphatic carbocycles. The first-order valence-corrected chi connectivity index (χ1v) is 14.8. The van der Waals surface area contributed by atoms with Crippen molar-refractivity contribution in [3.8, 4) is 0 Å². The molecule has 0 aliphatic heterocycles. The summed E-state index contributed by atoms with van der Waals surface area (Å²) in [7, 11) is 0. The molecule has 1 amide bonds. The van der Waals surface area contributed by atoms with E-state index in [-0.39, 0.29) is 61.9 Å². The molecule has 1 atom stereocenters. The fourth-order valence-corrected chi connectivity index (χ4v) is 4.39. The lowest BCUT2D eigenvalue weighted by molar-refractivity contribution is -0.385. The molecule has 0 unspecified atom stereocenters. The van der Waals surface area contributed by atoms with E-state index in [1.807, 2.05) is 0 Å². The van der Waals surface area contributed by atoms with Crippen molar-refractivity contribution in [1.29, 1.82) is 0 Å². The Morgan fingerprint density at radius 1 is 0.816 bits per heavy atom. The Morgan fingerprint density at radius 3 is 1.80 bits per heavy atom. The van der Waals surface area contributed by atoms with Gasteiger partial charge in [-0.2, -0.15) is 0 Å². The third-order valence-electron chi connectivity index (χ3n) is 6.57. The Morgan fingerprint density at radius 2 is 1.31 bits per heavy atom. The van der Waals surface area contributed by atoms with Gasteiger partial charge in [0.15, 0.2) is 0 Å². The van der Waals surface area contributed by atoms with Crippen molar-refractivity contribution in [3.05, 3.63) is 104 Å². The number of benzene rings is 2. The highest BCUT2D eigenvalue weighted by Crippen LogP contribution is 2.20. The van der Waals surface area contributed by atoms with Gasteiger partial charge < -0.3 is 19.5 Å². The molecule has 2 heterocycles. The number of para-hydroxylation sites is 2. The zero-order chi connectivity index (χ0) is 35.6. The topological polar surface area (TPSA) is 239 Å². The highest BCUT2D eigenvalue weighted by atomic mass is 16.6. The van der Waals surface area contributed by atoms with E-state index in [1.54, 1.807) is 57.2 Å². The van der Waals surface area contributed by atoms with Crippen LogP contribution >= 0.6 is 0 Å². The summed E-state index contributed by atoms with van der Waals surface area (Å²) < 4.78 is 18.5. The van der Waals surface area contributed by atoms with Crippen molar-refractivity contribution >= 4 is 29.4 Å². The second kappa shape index (κ2) is 16.0. The quantitative estimate of drug-likeness (QED) is 0.0821. The van der Waals surface area contributed by atoms with E-state index < -0.39 is 39.5 Å². The summed E-state index contributed by atoms with van der Waals surface area (Å²) in [6.07, 6.45) is 1.52. The van der Waals surface area contributed by atoms with Crippen LogP contribution in [0.1, 0.15) is 56.1 Å². The van der Waals surface area contributed by atoms with Crippen LogP contribution in [0.5, 0.6) is 0 Å². The summed E-state index contributed by atoms with van der Waals surface area (Å²) in [5, 5.41) is 40.7. The van der Waals surface area contributed by atoms with Gasteiger partial charge in [0.25, 0.3) is 11.4 Å². The second-order valence-corrected chi connectivity index (χ2v) is 11.6. The van der Waals surface area contributed by atoms with Crippen molar-refractivity contribution in [2.45, 2.75) is 71.6 Å². The normalized spacial score (nSPS) is 11.7. The molecular weight excluding hydrogens is 646 g/mol. The van der Waals surface area contributed by atoms with Gasteiger partial charge in [-0.05, 0) is 27.2 Å². The minimum Gasteiger partial charge on any atom is -0.459 e. The predicted octanol–water partition coefficient (Wildman–Crippen LogP) is 3.24. The number of carbonyl (C=O) groups is 3. The van der Waals surface area contributed by atoms with E-state index in [4.69, 9.17) is 14.2 Å². The lowest BCUT2D eigenvalue weighted by Crippen LogP contribution is -2.44. The Hall–Kier alpha value is -6.27. The van der Waals surface area contributed by atoms with Crippen LogP contribution in [0.2, 0.25) is 0 Å². The third-order valence-corrected chi connectivity index (χ3v) is 6.57. The molecule has 19 heteroatoms. The highest BCUT2D eigenvalue weighted by molar-refractivity contribution is 5.82. The molecule has 0 bridgehead atoms. The number of hydrogen-bond acceptors (Lipinski definition) is 14. The SMILES string of the molecule is CC(C)(C)OC(=O)N[C@@H](CCC(=O)OCc1cn(Cc2ccccc2[N+](=O)[O-])nn1)C(=O)OCc1cn(Cc2ccccc2[N+](=O)[O-])nn1.